The van der Waals surface area contributed by atoms with Crippen LogP contribution in [0.4, 0.5) is 0 Å². The Labute approximate surface area is 111 Å². The molecule has 1 unspecified atom stereocenters. The van der Waals surface area contributed by atoms with Crippen molar-refractivity contribution in [1.29, 1.82) is 0 Å². The zero-order valence-corrected chi connectivity index (χ0v) is 12.0. The van der Waals surface area contributed by atoms with E-state index in [4.69, 9.17) is 0 Å². The van der Waals surface area contributed by atoms with Gasteiger partial charge in [0, 0.05) is 19.1 Å². The van der Waals surface area contributed by atoms with Crippen molar-refractivity contribution in [3.8, 4) is 0 Å². The molecule has 1 atom stereocenters. The molecule has 0 radical (unpaired) electrons. The van der Waals surface area contributed by atoms with E-state index in [0.717, 1.165) is 13.1 Å². The first-order valence-electron chi connectivity index (χ1n) is 7.18. The molecule has 2 N–H and O–H groups in total. The molecule has 1 heterocycles. The quantitative estimate of drug-likeness (QED) is 0.853. The fourth-order valence-corrected chi connectivity index (χ4v) is 2.68. The maximum absolute atomic E-state index is 3.60. The second-order valence-corrected chi connectivity index (χ2v) is 5.57. The van der Waals surface area contributed by atoms with Crippen LogP contribution < -0.4 is 10.6 Å². The molecule has 1 aromatic carbocycles. The van der Waals surface area contributed by atoms with Gasteiger partial charge in [-0.1, -0.05) is 18.6 Å². The van der Waals surface area contributed by atoms with Gasteiger partial charge in [0.15, 0.2) is 0 Å². The van der Waals surface area contributed by atoms with Crippen LogP contribution >= 0.6 is 0 Å². The summed E-state index contributed by atoms with van der Waals surface area (Å²) in [6, 6.07) is 5.17. The maximum atomic E-state index is 3.60. The van der Waals surface area contributed by atoms with Crippen molar-refractivity contribution < 1.29 is 0 Å². The SMILES string of the molecule is Cc1ccc(CNCC2CCCCN2)c(C)c1C. The number of hydrogen-bond acceptors (Lipinski definition) is 2. The van der Waals surface area contributed by atoms with Gasteiger partial charge in [0.1, 0.15) is 0 Å². The minimum Gasteiger partial charge on any atom is -0.313 e. The van der Waals surface area contributed by atoms with Crippen molar-refractivity contribution in [2.45, 2.75) is 52.6 Å². The third kappa shape index (κ3) is 3.33. The molecule has 18 heavy (non-hydrogen) atoms. The van der Waals surface area contributed by atoms with Crippen LogP contribution in [0.1, 0.15) is 41.5 Å². The monoisotopic (exact) mass is 246 g/mol. The van der Waals surface area contributed by atoms with Crippen LogP contribution in [0.5, 0.6) is 0 Å². The highest BCUT2D eigenvalue weighted by molar-refractivity contribution is 5.38. The molecule has 100 valence electrons. The Balaban J connectivity index is 1.84. The maximum Gasteiger partial charge on any atom is 0.0208 e. The van der Waals surface area contributed by atoms with Crippen molar-refractivity contribution in [3.63, 3.8) is 0 Å². The van der Waals surface area contributed by atoms with Crippen molar-refractivity contribution in [3.05, 3.63) is 34.4 Å². The Morgan fingerprint density at radius 2 is 2.00 bits per heavy atom. The minimum atomic E-state index is 0.672. The Morgan fingerprint density at radius 3 is 2.72 bits per heavy atom. The minimum absolute atomic E-state index is 0.672. The van der Waals surface area contributed by atoms with E-state index < -0.39 is 0 Å². The summed E-state index contributed by atoms with van der Waals surface area (Å²) in [5, 5.41) is 7.17. The highest BCUT2D eigenvalue weighted by Crippen LogP contribution is 2.17. The lowest BCUT2D eigenvalue weighted by Gasteiger charge is -2.24. The molecule has 2 rings (SSSR count). The summed E-state index contributed by atoms with van der Waals surface area (Å²) in [4.78, 5) is 0. The molecule has 1 aromatic rings. The largest absolute Gasteiger partial charge is 0.313 e. The van der Waals surface area contributed by atoms with Gasteiger partial charge in [0.25, 0.3) is 0 Å². The van der Waals surface area contributed by atoms with Crippen molar-refractivity contribution in [2.24, 2.45) is 0 Å². The first-order valence-corrected chi connectivity index (χ1v) is 7.18. The summed E-state index contributed by atoms with van der Waals surface area (Å²) in [5.74, 6) is 0. The third-order valence-corrected chi connectivity index (χ3v) is 4.29. The Kier molecular flexibility index (Phi) is 4.79. The molecule has 0 spiro atoms. The fourth-order valence-electron chi connectivity index (χ4n) is 2.68. The van der Waals surface area contributed by atoms with Gasteiger partial charge in [0.05, 0.1) is 0 Å². The number of rotatable bonds is 4. The number of nitrogens with one attached hydrogen (secondary N) is 2. The van der Waals surface area contributed by atoms with Crippen LogP contribution in [0, 0.1) is 20.8 Å². The summed E-state index contributed by atoms with van der Waals surface area (Å²) >= 11 is 0. The van der Waals surface area contributed by atoms with Crippen LogP contribution in [-0.2, 0) is 6.54 Å². The first kappa shape index (κ1) is 13.6. The number of benzene rings is 1. The van der Waals surface area contributed by atoms with E-state index in [9.17, 15) is 0 Å². The van der Waals surface area contributed by atoms with Gasteiger partial charge >= 0.3 is 0 Å². The van der Waals surface area contributed by atoms with Gasteiger partial charge in [0.2, 0.25) is 0 Å². The number of piperidine rings is 1. The second kappa shape index (κ2) is 6.35. The Morgan fingerprint density at radius 1 is 1.17 bits per heavy atom. The van der Waals surface area contributed by atoms with Gasteiger partial charge in [-0.05, 0) is 62.4 Å². The molecule has 0 amide bonds. The lowest BCUT2D eigenvalue weighted by molar-refractivity contribution is 0.383. The van der Waals surface area contributed by atoms with Crippen molar-refractivity contribution >= 4 is 0 Å². The molecular formula is C16H26N2. The van der Waals surface area contributed by atoms with Gasteiger partial charge in [-0.3, -0.25) is 0 Å². The average molecular weight is 246 g/mol. The molecule has 1 saturated heterocycles. The Bertz CT molecular complexity index is 392. The predicted molar refractivity (Wildman–Crippen MR) is 78.0 cm³/mol. The third-order valence-electron chi connectivity index (χ3n) is 4.29. The van der Waals surface area contributed by atoms with Gasteiger partial charge in [-0.15, -0.1) is 0 Å². The van der Waals surface area contributed by atoms with E-state index in [2.05, 4.69) is 43.5 Å². The topological polar surface area (TPSA) is 24.1 Å². The summed E-state index contributed by atoms with van der Waals surface area (Å²) in [6.07, 6.45) is 4.04. The lowest BCUT2D eigenvalue weighted by atomic mass is 9.98. The fraction of sp³-hybridized carbons (Fsp3) is 0.625. The molecule has 1 fully saturated rings. The van der Waals surface area contributed by atoms with Crippen LogP contribution in [0.3, 0.4) is 0 Å². The van der Waals surface area contributed by atoms with E-state index in [0.29, 0.717) is 6.04 Å². The molecule has 0 saturated carbocycles. The zero-order valence-electron chi connectivity index (χ0n) is 12.0. The normalized spacial score (nSPS) is 20.1. The molecule has 1 aliphatic rings. The smallest absolute Gasteiger partial charge is 0.0208 e. The highest BCUT2D eigenvalue weighted by Gasteiger charge is 2.11. The van der Waals surface area contributed by atoms with Crippen LogP contribution in [0.25, 0.3) is 0 Å². The Hall–Kier alpha value is -0.860. The van der Waals surface area contributed by atoms with E-state index >= 15 is 0 Å². The van der Waals surface area contributed by atoms with Gasteiger partial charge in [-0.25, -0.2) is 0 Å². The first-order chi connectivity index (χ1) is 8.68. The second-order valence-electron chi connectivity index (χ2n) is 5.57. The highest BCUT2D eigenvalue weighted by atomic mass is 15.0. The molecule has 2 heteroatoms. The summed E-state index contributed by atoms with van der Waals surface area (Å²) in [7, 11) is 0. The van der Waals surface area contributed by atoms with E-state index in [-0.39, 0.29) is 0 Å². The molecule has 0 bridgehead atoms. The summed E-state index contributed by atoms with van der Waals surface area (Å²) < 4.78 is 0. The number of aryl methyl sites for hydroxylation is 1. The molecule has 0 aliphatic carbocycles. The van der Waals surface area contributed by atoms with Crippen molar-refractivity contribution in [1.82, 2.24) is 10.6 Å². The predicted octanol–water partition coefficient (Wildman–Crippen LogP) is 2.84. The van der Waals surface area contributed by atoms with Crippen LogP contribution in [-0.4, -0.2) is 19.1 Å². The van der Waals surface area contributed by atoms with Crippen molar-refractivity contribution in [2.75, 3.05) is 13.1 Å². The lowest BCUT2D eigenvalue weighted by Crippen LogP contribution is -2.41. The molecule has 0 aromatic heterocycles. The summed E-state index contributed by atoms with van der Waals surface area (Å²) in [6.45, 7) is 9.91. The van der Waals surface area contributed by atoms with Crippen LogP contribution in [0.2, 0.25) is 0 Å². The van der Waals surface area contributed by atoms with E-state index in [1.165, 1.54) is 48.1 Å². The van der Waals surface area contributed by atoms with Crippen LogP contribution in [0.15, 0.2) is 12.1 Å². The van der Waals surface area contributed by atoms with Gasteiger partial charge < -0.3 is 10.6 Å². The standard InChI is InChI=1S/C16H26N2/c1-12-7-8-15(14(3)13(12)2)10-17-11-16-6-4-5-9-18-16/h7-8,16-18H,4-6,9-11H2,1-3H3. The molecular weight excluding hydrogens is 220 g/mol. The van der Waals surface area contributed by atoms with E-state index in [1.54, 1.807) is 0 Å². The molecule has 2 nitrogen and oxygen atoms in total. The zero-order chi connectivity index (χ0) is 13.0. The van der Waals surface area contributed by atoms with Gasteiger partial charge in [-0.2, -0.15) is 0 Å². The number of hydrogen-bond donors (Lipinski definition) is 2. The summed E-state index contributed by atoms with van der Waals surface area (Å²) in [5.41, 5.74) is 5.71. The van der Waals surface area contributed by atoms with E-state index in [1.807, 2.05) is 0 Å². The average Bonchev–Trinajstić information content (AvgIpc) is 2.40. The molecule has 1 aliphatic heterocycles.